The summed E-state index contributed by atoms with van der Waals surface area (Å²) in [5.74, 6) is 1.27. The van der Waals surface area contributed by atoms with Gasteiger partial charge >= 0.3 is 0 Å². The zero-order chi connectivity index (χ0) is 21.2. The molecular formula is C25H31N3O2. The first-order chi connectivity index (χ1) is 14.6. The Kier molecular flexibility index (Phi) is 8.29. The molecule has 0 aliphatic carbocycles. The summed E-state index contributed by atoms with van der Waals surface area (Å²) in [4.78, 5) is 11.7. The lowest BCUT2D eigenvalue weighted by Crippen LogP contribution is -2.34. The minimum absolute atomic E-state index is 0.0530. The van der Waals surface area contributed by atoms with E-state index in [2.05, 4.69) is 60.0 Å². The van der Waals surface area contributed by atoms with Crippen molar-refractivity contribution < 1.29 is 9.53 Å². The number of nitrogens with zero attached hydrogens (tertiary/aromatic N) is 1. The number of ether oxygens (including phenoxy) is 1. The topological polar surface area (TPSA) is 74.2 Å². The van der Waals surface area contributed by atoms with Gasteiger partial charge in [-0.15, -0.1) is 0 Å². The molecule has 2 N–H and O–H groups in total. The summed E-state index contributed by atoms with van der Waals surface area (Å²) >= 11 is 0. The van der Waals surface area contributed by atoms with Crippen LogP contribution in [-0.4, -0.2) is 31.6 Å². The van der Waals surface area contributed by atoms with Gasteiger partial charge in [0.25, 0.3) is 0 Å². The molecule has 5 nitrogen and oxygen atoms in total. The van der Waals surface area contributed by atoms with Gasteiger partial charge in [0.1, 0.15) is 18.4 Å². The second-order valence-corrected chi connectivity index (χ2v) is 8.08. The minimum Gasteiger partial charge on any atom is -0.490 e. The summed E-state index contributed by atoms with van der Waals surface area (Å²) in [5.41, 5.74) is 3.61. The smallest absolute Gasteiger partial charge is 0.220 e. The fourth-order valence-electron chi connectivity index (χ4n) is 3.84. The predicted octanol–water partition coefficient (Wildman–Crippen LogP) is 4.08. The van der Waals surface area contributed by atoms with Crippen molar-refractivity contribution >= 4 is 5.91 Å². The molecule has 2 aromatic rings. The summed E-state index contributed by atoms with van der Waals surface area (Å²) < 4.78 is 6.20. The molecule has 5 heteroatoms. The molecule has 2 aromatic carbocycles. The van der Waals surface area contributed by atoms with Crippen LogP contribution in [0.4, 0.5) is 0 Å². The van der Waals surface area contributed by atoms with E-state index in [9.17, 15) is 4.79 Å². The van der Waals surface area contributed by atoms with Gasteiger partial charge in [-0.2, -0.15) is 5.26 Å². The third kappa shape index (κ3) is 6.89. The SMILES string of the molecule is CC(CCC(=O)NCC#N)Cc1cccc(-c2cccc(OC3CCNCC3)c2)c1. The van der Waals surface area contributed by atoms with Gasteiger partial charge in [-0.25, -0.2) is 0 Å². The molecule has 30 heavy (non-hydrogen) atoms. The van der Waals surface area contributed by atoms with Gasteiger partial charge in [0.2, 0.25) is 5.91 Å². The number of carbonyl (C=O) groups excluding carboxylic acids is 1. The molecule has 158 valence electrons. The largest absolute Gasteiger partial charge is 0.490 e. The number of piperidine rings is 1. The van der Waals surface area contributed by atoms with Crippen molar-refractivity contribution in [3.63, 3.8) is 0 Å². The Morgan fingerprint density at radius 1 is 1.20 bits per heavy atom. The van der Waals surface area contributed by atoms with E-state index in [0.717, 1.165) is 50.1 Å². The van der Waals surface area contributed by atoms with E-state index in [0.29, 0.717) is 18.4 Å². The van der Waals surface area contributed by atoms with Crippen LogP contribution in [-0.2, 0) is 11.2 Å². The average Bonchev–Trinajstić information content (AvgIpc) is 2.77. The molecule has 1 heterocycles. The van der Waals surface area contributed by atoms with Crippen molar-refractivity contribution in [2.24, 2.45) is 5.92 Å². The van der Waals surface area contributed by atoms with Crippen LogP contribution in [0, 0.1) is 17.2 Å². The van der Waals surface area contributed by atoms with Gasteiger partial charge in [0, 0.05) is 6.42 Å². The Morgan fingerprint density at radius 3 is 2.70 bits per heavy atom. The normalized spacial score (nSPS) is 15.2. The summed E-state index contributed by atoms with van der Waals surface area (Å²) in [5, 5.41) is 14.5. The van der Waals surface area contributed by atoms with Crippen LogP contribution in [0.3, 0.4) is 0 Å². The molecule has 1 amide bonds. The predicted molar refractivity (Wildman–Crippen MR) is 119 cm³/mol. The number of nitrogens with one attached hydrogen (secondary N) is 2. The molecule has 0 radical (unpaired) electrons. The molecule has 1 saturated heterocycles. The first kappa shape index (κ1) is 21.9. The zero-order valence-electron chi connectivity index (χ0n) is 17.7. The van der Waals surface area contributed by atoms with Crippen LogP contribution in [0.5, 0.6) is 5.75 Å². The van der Waals surface area contributed by atoms with Crippen molar-refractivity contribution in [2.75, 3.05) is 19.6 Å². The average molecular weight is 406 g/mol. The molecule has 0 bridgehead atoms. The monoisotopic (exact) mass is 405 g/mol. The van der Waals surface area contributed by atoms with Crippen LogP contribution in [0.2, 0.25) is 0 Å². The van der Waals surface area contributed by atoms with Crippen molar-refractivity contribution in [3.8, 4) is 22.9 Å². The van der Waals surface area contributed by atoms with Gasteiger partial charge in [0.15, 0.2) is 0 Å². The second-order valence-electron chi connectivity index (χ2n) is 8.08. The van der Waals surface area contributed by atoms with Gasteiger partial charge in [-0.05, 0) is 73.5 Å². The Labute approximate surface area is 179 Å². The van der Waals surface area contributed by atoms with Crippen LogP contribution >= 0.6 is 0 Å². The fraction of sp³-hybridized carbons (Fsp3) is 0.440. The van der Waals surface area contributed by atoms with E-state index in [4.69, 9.17) is 10.00 Å². The van der Waals surface area contributed by atoms with Gasteiger partial charge in [0.05, 0.1) is 6.07 Å². The third-order valence-corrected chi connectivity index (χ3v) is 5.50. The number of amides is 1. The highest BCUT2D eigenvalue weighted by atomic mass is 16.5. The number of carbonyl (C=O) groups is 1. The highest BCUT2D eigenvalue weighted by Crippen LogP contribution is 2.27. The Hall–Kier alpha value is -2.84. The molecule has 3 rings (SSSR count). The lowest BCUT2D eigenvalue weighted by atomic mass is 9.94. The summed E-state index contributed by atoms with van der Waals surface area (Å²) in [6, 6.07) is 18.9. The van der Waals surface area contributed by atoms with E-state index in [1.54, 1.807) is 0 Å². The van der Waals surface area contributed by atoms with Crippen LogP contribution in [0.1, 0.15) is 38.2 Å². The molecule has 1 unspecified atom stereocenters. The van der Waals surface area contributed by atoms with Crippen molar-refractivity contribution in [1.29, 1.82) is 5.26 Å². The maximum absolute atomic E-state index is 11.7. The molecule has 1 aliphatic heterocycles. The van der Waals surface area contributed by atoms with Crippen molar-refractivity contribution in [1.82, 2.24) is 10.6 Å². The summed E-state index contributed by atoms with van der Waals surface area (Å²) in [6.45, 7) is 4.28. The lowest BCUT2D eigenvalue weighted by Gasteiger charge is -2.24. The first-order valence-corrected chi connectivity index (χ1v) is 10.8. The maximum Gasteiger partial charge on any atom is 0.220 e. The van der Waals surface area contributed by atoms with Crippen molar-refractivity contribution in [2.45, 2.75) is 45.1 Å². The first-order valence-electron chi connectivity index (χ1n) is 10.8. The second kappa shape index (κ2) is 11.4. The van der Waals surface area contributed by atoms with E-state index in [1.807, 2.05) is 12.1 Å². The van der Waals surface area contributed by atoms with E-state index < -0.39 is 0 Å². The van der Waals surface area contributed by atoms with E-state index in [-0.39, 0.29) is 12.5 Å². The molecule has 1 aliphatic rings. The quantitative estimate of drug-likeness (QED) is 0.617. The van der Waals surface area contributed by atoms with E-state index in [1.165, 1.54) is 11.1 Å². The van der Waals surface area contributed by atoms with E-state index >= 15 is 0 Å². The summed E-state index contributed by atoms with van der Waals surface area (Å²) in [6.07, 6.45) is 4.57. The van der Waals surface area contributed by atoms with Crippen molar-refractivity contribution in [3.05, 3.63) is 54.1 Å². The number of hydrogen-bond acceptors (Lipinski definition) is 4. The number of nitriles is 1. The Bertz CT molecular complexity index is 869. The van der Waals surface area contributed by atoms with Gasteiger partial charge in [-0.1, -0.05) is 43.3 Å². The number of rotatable bonds is 9. The molecular weight excluding hydrogens is 374 g/mol. The third-order valence-electron chi connectivity index (χ3n) is 5.50. The Balaban J connectivity index is 1.59. The molecule has 0 aromatic heterocycles. The molecule has 0 spiro atoms. The highest BCUT2D eigenvalue weighted by molar-refractivity contribution is 5.76. The highest BCUT2D eigenvalue weighted by Gasteiger charge is 2.15. The standard InChI is InChI=1S/C25H31N3O2/c1-19(8-9-25(29)28-15-12-26)16-20-4-2-5-21(17-20)22-6-3-7-24(18-22)30-23-10-13-27-14-11-23/h2-7,17-19,23,27H,8-11,13-16H2,1H3,(H,28,29). The zero-order valence-corrected chi connectivity index (χ0v) is 17.7. The van der Waals surface area contributed by atoms with Gasteiger partial charge in [-0.3, -0.25) is 4.79 Å². The fourth-order valence-corrected chi connectivity index (χ4v) is 3.84. The van der Waals surface area contributed by atoms with Crippen LogP contribution in [0.25, 0.3) is 11.1 Å². The minimum atomic E-state index is -0.0530. The van der Waals surface area contributed by atoms with Crippen LogP contribution < -0.4 is 15.4 Å². The molecule has 1 fully saturated rings. The van der Waals surface area contributed by atoms with Crippen LogP contribution in [0.15, 0.2) is 48.5 Å². The summed E-state index contributed by atoms with van der Waals surface area (Å²) in [7, 11) is 0. The van der Waals surface area contributed by atoms with Gasteiger partial charge < -0.3 is 15.4 Å². The lowest BCUT2D eigenvalue weighted by molar-refractivity contribution is -0.121. The number of benzene rings is 2. The Morgan fingerprint density at radius 2 is 1.93 bits per heavy atom. The molecule has 0 saturated carbocycles. The molecule has 1 atom stereocenters. The maximum atomic E-state index is 11.7. The number of hydrogen-bond donors (Lipinski definition) is 2.